The van der Waals surface area contributed by atoms with Gasteiger partial charge in [0.2, 0.25) is 0 Å². The summed E-state index contributed by atoms with van der Waals surface area (Å²) in [4.78, 5) is 2.43. The molecule has 1 heterocycles. The lowest BCUT2D eigenvalue weighted by Crippen LogP contribution is -2.47. The van der Waals surface area contributed by atoms with Crippen LogP contribution in [0.4, 0.5) is 0 Å². The van der Waals surface area contributed by atoms with Crippen molar-refractivity contribution in [3.05, 3.63) is 0 Å². The summed E-state index contributed by atoms with van der Waals surface area (Å²) in [5.74, 6) is 0. The topological polar surface area (TPSA) is 44.7 Å². The Morgan fingerprint density at radius 3 is 2.68 bits per heavy atom. The van der Waals surface area contributed by atoms with Crippen molar-refractivity contribution in [2.75, 3.05) is 33.4 Å². The highest BCUT2D eigenvalue weighted by atomic mass is 16.5. The Kier molecular flexibility index (Phi) is 5.63. The van der Waals surface area contributed by atoms with Gasteiger partial charge in [-0.1, -0.05) is 6.42 Å². The summed E-state index contributed by atoms with van der Waals surface area (Å²) in [6.45, 7) is 5.35. The molecule has 2 atom stereocenters. The summed E-state index contributed by atoms with van der Waals surface area (Å²) in [6, 6.07) is 1.28. The number of hydrogen-bond acceptors (Lipinski definition) is 4. The van der Waals surface area contributed by atoms with Gasteiger partial charge in [0.15, 0.2) is 0 Å². The molecule has 2 fully saturated rings. The molecule has 19 heavy (non-hydrogen) atoms. The minimum atomic E-state index is -0.0732. The van der Waals surface area contributed by atoms with Crippen LogP contribution in [-0.2, 0) is 4.74 Å². The molecule has 0 spiro atoms. The van der Waals surface area contributed by atoms with E-state index in [1.165, 1.54) is 32.1 Å². The van der Waals surface area contributed by atoms with Crippen molar-refractivity contribution in [3.8, 4) is 0 Å². The van der Waals surface area contributed by atoms with Gasteiger partial charge in [-0.15, -0.1) is 0 Å². The van der Waals surface area contributed by atoms with Crippen LogP contribution in [0.5, 0.6) is 0 Å². The molecule has 0 aromatic rings. The third-order valence-electron chi connectivity index (χ3n) is 4.50. The summed E-state index contributed by atoms with van der Waals surface area (Å²) >= 11 is 0. The second-order valence-electron chi connectivity index (χ2n) is 6.59. The lowest BCUT2D eigenvalue weighted by Gasteiger charge is -2.29. The van der Waals surface area contributed by atoms with E-state index >= 15 is 0 Å². The largest absolute Gasteiger partial charge is 0.394 e. The van der Waals surface area contributed by atoms with Gasteiger partial charge in [0, 0.05) is 24.2 Å². The van der Waals surface area contributed by atoms with Crippen LogP contribution in [0.15, 0.2) is 0 Å². The van der Waals surface area contributed by atoms with Gasteiger partial charge < -0.3 is 20.1 Å². The van der Waals surface area contributed by atoms with Crippen LogP contribution in [0.25, 0.3) is 0 Å². The van der Waals surface area contributed by atoms with Gasteiger partial charge in [0.1, 0.15) is 0 Å². The molecule has 2 aliphatic rings. The predicted molar refractivity (Wildman–Crippen MR) is 77.4 cm³/mol. The zero-order valence-electron chi connectivity index (χ0n) is 12.5. The molecule has 1 saturated carbocycles. The van der Waals surface area contributed by atoms with E-state index in [0.717, 1.165) is 26.2 Å². The van der Waals surface area contributed by atoms with Gasteiger partial charge in [0.05, 0.1) is 13.2 Å². The monoisotopic (exact) mass is 270 g/mol. The first-order valence-corrected chi connectivity index (χ1v) is 7.79. The molecule has 1 aliphatic heterocycles. The number of ether oxygens (including phenoxy) is 1. The van der Waals surface area contributed by atoms with Gasteiger partial charge in [0.25, 0.3) is 0 Å². The van der Waals surface area contributed by atoms with Crippen molar-refractivity contribution in [1.82, 2.24) is 10.2 Å². The number of hydrogen-bond donors (Lipinski definition) is 2. The first-order valence-electron chi connectivity index (χ1n) is 7.79. The van der Waals surface area contributed by atoms with E-state index in [-0.39, 0.29) is 12.1 Å². The smallest absolute Gasteiger partial charge is 0.0622 e. The number of aliphatic hydroxyl groups is 1. The Morgan fingerprint density at radius 1 is 1.32 bits per heavy atom. The van der Waals surface area contributed by atoms with Crippen molar-refractivity contribution < 1.29 is 9.84 Å². The molecular weight excluding hydrogens is 240 g/mol. The first kappa shape index (κ1) is 15.2. The highest BCUT2D eigenvalue weighted by Gasteiger charge is 2.31. The molecule has 0 radical (unpaired) electrons. The summed E-state index contributed by atoms with van der Waals surface area (Å²) < 4.78 is 5.42. The molecule has 1 aliphatic carbocycles. The van der Waals surface area contributed by atoms with E-state index in [9.17, 15) is 5.11 Å². The molecule has 112 valence electrons. The van der Waals surface area contributed by atoms with E-state index < -0.39 is 0 Å². The Labute approximate surface area is 117 Å². The van der Waals surface area contributed by atoms with E-state index in [2.05, 4.69) is 24.2 Å². The van der Waals surface area contributed by atoms with E-state index in [1.54, 1.807) is 0 Å². The van der Waals surface area contributed by atoms with Gasteiger partial charge in [-0.05, 0) is 52.6 Å². The maximum atomic E-state index is 9.55. The SMILES string of the molecule is CN(CCCCC(C)(CO)NC1CC1)C1CCOC1. The van der Waals surface area contributed by atoms with Crippen molar-refractivity contribution in [2.24, 2.45) is 0 Å². The van der Waals surface area contributed by atoms with Gasteiger partial charge in [-0.25, -0.2) is 0 Å². The van der Waals surface area contributed by atoms with Crippen LogP contribution >= 0.6 is 0 Å². The van der Waals surface area contributed by atoms with Gasteiger partial charge in [-0.2, -0.15) is 0 Å². The molecular formula is C15H30N2O2. The van der Waals surface area contributed by atoms with Crippen molar-refractivity contribution in [3.63, 3.8) is 0 Å². The molecule has 4 heteroatoms. The number of rotatable bonds is 9. The molecule has 0 aromatic heterocycles. The maximum absolute atomic E-state index is 9.55. The Hall–Kier alpha value is -0.160. The van der Waals surface area contributed by atoms with E-state index in [4.69, 9.17) is 4.74 Å². The number of nitrogens with one attached hydrogen (secondary N) is 1. The summed E-state index contributed by atoms with van der Waals surface area (Å²) in [6.07, 6.45) is 7.17. The number of aliphatic hydroxyl groups excluding tert-OH is 1. The van der Waals surface area contributed by atoms with Crippen LogP contribution in [0.3, 0.4) is 0 Å². The molecule has 0 aromatic carbocycles. The van der Waals surface area contributed by atoms with Crippen LogP contribution in [-0.4, -0.2) is 61.0 Å². The van der Waals surface area contributed by atoms with Gasteiger partial charge >= 0.3 is 0 Å². The average Bonchev–Trinajstić information content (AvgIpc) is 3.04. The zero-order valence-corrected chi connectivity index (χ0v) is 12.5. The lowest BCUT2D eigenvalue weighted by atomic mass is 9.95. The second kappa shape index (κ2) is 7.02. The molecule has 0 amide bonds. The Balaban J connectivity index is 1.59. The van der Waals surface area contributed by atoms with Crippen LogP contribution in [0, 0.1) is 0 Å². The highest BCUT2D eigenvalue weighted by molar-refractivity contribution is 4.92. The zero-order chi connectivity index (χ0) is 13.7. The molecule has 2 unspecified atom stereocenters. The van der Waals surface area contributed by atoms with Crippen LogP contribution in [0.2, 0.25) is 0 Å². The number of nitrogens with zero attached hydrogens (tertiary/aromatic N) is 1. The predicted octanol–water partition coefficient (Wildman–Crippen LogP) is 1.38. The fourth-order valence-corrected chi connectivity index (χ4v) is 2.85. The fraction of sp³-hybridized carbons (Fsp3) is 1.00. The maximum Gasteiger partial charge on any atom is 0.0622 e. The third kappa shape index (κ3) is 5.03. The van der Waals surface area contributed by atoms with Crippen LogP contribution < -0.4 is 5.32 Å². The standard InChI is InChI=1S/C15H30N2O2/c1-15(12-18,16-13-5-6-13)8-3-4-9-17(2)14-7-10-19-11-14/h13-14,16,18H,3-12H2,1-2H3. The molecule has 2 rings (SSSR count). The highest BCUT2D eigenvalue weighted by Crippen LogP contribution is 2.25. The van der Waals surface area contributed by atoms with Crippen LogP contribution in [0.1, 0.15) is 45.4 Å². The number of likely N-dealkylation sites (N-methyl/N-ethyl adjacent to an activating group) is 1. The van der Waals surface area contributed by atoms with Crippen molar-refractivity contribution >= 4 is 0 Å². The van der Waals surface area contributed by atoms with E-state index in [0.29, 0.717) is 12.1 Å². The fourth-order valence-electron chi connectivity index (χ4n) is 2.85. The van der Waals surface area contributed by atoms with Gasteiger partial charge in [-0.3, -0.25) is 0 Å². The minimum Gasteiger partial charge on any atom is -0.394 e. The summed E-state index contributed by atoms with van der Waals surface area (Å²) in [5, 5.41) is 13.1. The molecule has 4 nitrogen and oxygen atoms in total. The van der Waals surface area contributed by atoms with E-state index in [1.807, 2.05) is 0 Å². The average molecular weight is 270 g/mol. The molecule has 2 N–H and O–H groups in total. The number of unbranched alkanes of at least 4 members (excludes halogenated alkanes) is 1. The Morgan fingerprint density at radius 2 is 2.11 bits per heavy atom. The summed E-state index contributed by atoms with van der Waals surface area (Å²) in [5.41, 5.74) is -0.0732. The minimum absolute atomic E-state index is 0.0732. The van der Waals surface area contributed by atoms with Crippen molar-refractivity contribution in [2.45, 2.75) is 63.1 Å². The molecule has 0 bridgehead atoms. The lowest BCUT2D eigenvalue weighted by molar-refractivity contribution is 0.149. The quantitative estimate of drug-likeness (QED) is 0.621. The third-order valence-corrected chi connectivity index (χ3v) is 4.50. The normalized spacial score (nSPS) is 26.8. The molecule has 1 saturated heterocycles. The summed E-state index contributed by atoms with van der Waals surface area (Å²) in [7, 11) is 2.20. The van der Waals surface area contributed by atoms with Crippen molar-refractivity contribution in [1.29, 1.82) is 0 Å². The second-order valence-corrected chi connectivity index (χ2v) is 6.59. The first-order chi connectivity index (χ1) is 9.13. The Bertz CT molecular complexity index is 265.